The van der Waals surface area contributed by atoms with Gasteiger partial charge in [-0.15, -0.1) is 11.3 Å². The molecule has 2 rings (SSSR count). The number of esters is 1. The van der Waals surface area contributed by atoms with Crippen LogP contribution in [0.15, 0.2) is 29.6 Å². The molecule has 0 aliphatic carbocycles. The number of nitriles is 1. The zero-order chi connectivity index (χ0) is 19.1. The van der Waals surface area contributed by atoms with Crippen LogP contribution in [0.3, 0.4) is 0 Å². The first-order valence-electron chi connectivity index (χ1n) is 7.80. The molecule has 136 valence electrons. The maximum atomic E-state index is 12.3. The Balaban J connectivity index is 2.04. The summed E-state index contributed by atoms with van der Waals surface area (Å²) in [7, 11) is 1.47. The van der Waals surface area contributed by atoms with Gasteiger partial charge in [0.05, 0.1) is 24.8 Å². The van der Waals surface area contributed by atoms with E-state index in [-0.39, 0.29) is 5.56 Å². The van der Waals surface area contributed by atoms with E-state index in [2.05, 4.69) is 5.32 Å². The van der Waals surface area contributed by atoms with Crippen LogP contribution >= 0.6 is 11.3 Å². The standard InChI is InChI=1S/C18H18N2O5S/c1-4-24-14-6-5-12(9-15(14)23-3)18(22)25-11(2)16(21)20-17-13(10-19)7-8-26-17/h5-9,11H,4H2,1-3H3,(H,20,21)/t11-/m0/s1. The van der Waals surface area contributed by atoms with Crippen LogP contribution in [0.25, 0.3) is 0 Å². The summed E-state index contributed by atoms with van der Waals surface area (Å²) in [5.74, 6) is -0.273. The molecular weight excluding hydrogens is 356 g/mol. The van der Waals surface area contributed by atoms with Crippen molar-refractivity contribution in [2.24, 2.45) is 0 Å². The number of nitrogens with zero attached hydrogens (tertiary/aromatic N) is 1. The largest absolute Gasteiger partial charge is 0.493 e. The predicted octanol–water partition coefficient (Wildman–Crippen LogP) is 3.21. The number of hydrogen-bond acceptors (Lipinski definition) is 7. The fourth-order valence-electron chi connectivity index (χ4n) is 2.06. The van der Waals surface area contributed by atoms with Crippen molar-refractivity contribution in [1.29, 1.82) is 5.26 Å². The van der Waals surface area contributed by atoms with Gasteiger partial charge in [0.25, 0.3) is 5.91 Å². The molecule has 0 aliphatic rings. The molecule has 0 unspecified atom stereocenters. The monoisotopic (exact) mass is 374 g/mol. The van der Waals surface area contributed by atoms with Crippen LogP contribution in [0.5, 0.6) is 11.5 Å². The van der Waals surface area contributed by atoms with E-state index >= 15 is 0 Å². The first-order chi connectivity index (χ1) is 12.5. The molecule has 0 saturated carbocycles. The normalized spacial score (nSPS) is 11.2. The molecule has 0 bridgehead atoms. The van der Waals surface area contributed by atoms with Gasteiger partial charge in [0, 0.05) is 0 Å². The summed E-state index contributed by atoms with van der Waals surface area (Å²) >= 11 is 1.22. The van der Waals surface area contributed by atoms with Crippen molar-refractivity contribution in [3.63, 3.8) is 0 Å². The lowest BCUT2D eigenvalue weighted by Gasteiger charge is -2.14. The van der Waals surface area contributed by atoms with Crippen LogP contribution in [0.1, 0.15) is 29.8 Å². The maximum Gasteiger partial charge on any atom is 0.339 e. The summed E-state index contributed by atoms with van der Waals surface area (Å²) in [5, 5.41) is 13.7. The highest BCUT2D eigenvalue weighted by atomic mass is 32.1. The van der Waals surface area contributed by atoms with Crippen LogP contribution in [0, 0.1) is 11.3 Å². The third-order valence-electron chi connectivity index (χ3n) is 3.37. The van der Waals surface area contributed by atoms with Crippen molar-refractivity contribution in [3.05, 3.63) is 40.8 Å². The Labute approximate surface area is 155 Å². The van der Waals surface area contributed by atoms with E-state index in [9.17, 15) is 9.59 Å². The van der Waals surface area contributed by atoms with E-state index in [0.29, 0.717) is 28.7 Å². The highest BCUT2D eigenvalue weighted by Crippen LogP contribution is 2.28. The molecule has 7 nitrogen and oxygen atoms in total. The topological polar surface area (TPSA) is 97.6 Å². The molecule has 1 aromatic carbocycles. The number of thiophene rings is 1. The van der Waals surface area contributed by atoms with Crippen LogP contribution in [-0.2, 0) is 9.53 Å². The summed E-state index contributed by atoms with van der Waals surface area (Å²) in [4.78, 5) is 24.4. The molecule has 1 atom stereocenters. The summed E-state index contributed by atoms with van der Waals surface area (Å²) in [6.45, 7) is 3.76. The number of ether oxygens (including phenoxy) is 3. The highest BCUT2D eigenvalue weighted by molar-refractivity contribution is 7.14. The molecule has 0 aliphatic heterocycles. The number of hydrogen-bond donors (Lipinski definition) is 1. The average Bonchev–Trinajstić information content (AvgIpc) is 3.09. The molecule has 2 aromatic rings. The quantitative estimate of drug-likeness (QED) is 0.748. The fraction of sp³-hybridized carbons (Fsp3) is 0.278. The third kappa shape index (κ3) is 4.52. The Kier molecular flexibility index (Phi) is 6.58. The number of rotatable bonds is 7. The lowest BCUT2D eigenvalue weighted by molar-refractivity contribution is -0.123. The van der Waals surface area contributed by atoms with Gasteiger partial charge in [-0.05, 0) is 43.5 Å². The van der Waals surface area contributed by atoms with Gasteiger partial charge >= 0.3 is 5.97 Å². The van der Waals surface area contributed by atoms with Gasteiger partial charge in [0.2, 0.25) is 0 Å². The summed E-state index contributed by atoms with van der Waals surface area (Å²) < 4.78 is 15.8. The van der Waals surface area contributed by atoms with Crippen molar-refractivity contribution in [2.45, 2.75) is 20.0 Å². The molecule has 1 aromatic heterocycles. The van der Waals surface area contributed by atoms with Gasteiger partial charge in [-0.2, -0.15) is 5.26 Å². The second kappa shape index (κ2) is 8.87. The van der Waals surface area contributed by atoms with E-state index in [4.69, 9.17) is 19.5 Å². The minimum Gasteiger partial charge on any atom is -0.493 e. The second-order valence-electron chi connectivity index (χ2n) is 5.11. The maximum absolute atomic E-state index is 12.3. The van der Waals surface area contributed by atoms with Gasteiger partial charge in [-0.1, -0.05) is 0 Å². The summed E-state index contributed by atoms with van der Waals surface area (Å²) in [6.07, 6.45) is -1.03. The molecular formula is C18H18N2O5S. The van der Waals surface area contributed by atoms with Crippen LogP contribution in [0.2, 0.25) is 0 Å². The number of anilines is 1. The van der Waals surface area contributed by atoms with Crippen LogP contribution in [0.4, 0.5) is 5.00 Å². The minimum atomic E-state index is -1.03. The molecule has 1 N–H and O–H groups in total. The van der Waals surface area contributed by atoms with Gasteiger partial charge in [0.15, 0.2) is 17.6 Å². The Bertz CT molecular complexity index is 840. The lowest BCUT2D eigenvalue weighted by Crippen LogP contribution is -2.29. The van der Waals surface area contributed by atoms with Crippen molar-refractivity contribution >= 4 is 28.2 Å². The summed E-state index contributed by atoms with van der Waals surface area (Å²) in [5.41, 5.74) is 0.594. The Morgan fingerprint density at radius 1 is 1.31 bits per heavy atom. The van der Waals surface area contributed by atoms with Crippen LogP contribution in [-0.4, -0.2) is 31.7 Å². The van der Waals surface area contributed by atoms with Crippen molar-refractivity contribution in [1.82, 2.24) is 0 Å². The van der Waals surface area contributed by atoms with E-state index in [1.54, 1.807) is 17.5 Å². The molecule has 0 radical (unpaired) electrons. The SMILES string of the molecule is CCOc1ccc(C(=O)O[C@@H](C)C(=O)Nc2sccc2C#N)cc1OC. The number of amides is 1. The van der Waals surface area contributed by atoms with Crippen molar-refractivity contribution < 1.29 is 23.8 Å². The van der Waals surface area contributed by atoms with Gasteiger partial charge in [-0.25, -0.2) is 4.79 Å². The van der Waals surface area contributed by atoms with Crippen molar-refractivity contribution in [3.8, 4) is 17.6 Å². The second-order valence-corrected chi connectivity index (χ2v) is 6.03. The lowest BCUT2D eigenvalue weighted by atomic mass is 10.2. The Morgan fingerprint density at radius 3 is 2.73 bits per heavy atom. The van der Waals surface area contributed by atoms with E-state index in [1.807, 2.05) is 13.0 Å². The molecule has 0 spiro atoms. The first-order valence-corrected chi connectivity index (χ1v) is 8.68. The third-order valence-corrected chi connectivity index (χ3v) is 4.20. The zero-order valence-corrected chi connectivity index (χ0v) is 15.4. The number of methoxy groups -OCH3 is 1. The number of carbonyl (C=O) groups excluding carboxylic acids is 2. The zero-order valence-electron chi connectivity index (χ0n) is 14.6. The van der Waals surface area contributed by atoms with Gasteiger partial charge < -0.3 is 19.5 Å². The molecule has 1 heterocycles. The molecule has 0 fully saturated rings. The molecule has 26 heavy (non-hydrogen) atoms. The fourth-order valence-corrected chi connectivity index (χ4v) is 2.80. The number of nitrogens with one attached hydrogen (secondary N) is 1. The Morgan fingerprint density at radius 2 is 2.08 bits per heavy atom. The van der Waals surface area contributed by atoms with Crippen molar-refractivity contribution in [2.75, 3.05) is 19.0 Å². The minimum absolute atomic E-state index is 0.235. The van der Waals surface area contributed by atoms with Crippen LogP contribution < -0.4 is 14.8 Å². The number of benzene rings is 1. The molecule has 1 amide bonds. The predicted molar refractivity (Wildman–Crippen MR) is 96.7 cm³/mol. The van der Waals surface area contributed by atoms with Gasteiger partial charge in [-0.3, -0.25) is 4.79 Å². The van der Waals surface area contributed by atoms with Gasteiger partial charge in [0.1, 0.15) is 11.1 Å². The number of carbonyl (C=O) groups is 2. The average molecular weight is 374 g/mol. The molecule has 8 heteroatoms. The first kappa shape index (κ1) is 19.3. The summed E-state index contributed by atoms with van der Waals surface area (Å²) in [6, 6.07) is 8.21. The van der Waals surface area contributed by atoms with E-state index < -0.39 is 18.0 Å². The highest BCUT2D eigenvalue weighted by Gasteiger charge is 2.21. The Hall–Kier alpha value is -3.05. The smallest absolute Gasteiger partial charge is 0.339 e. The van der Waals surface area contributed by atoms with E-state index in [0.717, 1.165) is 0 Å². The molecule has 0 saturated heterocycles. The van der Waals surface area contributed by atoms with E-state index in [1.165, 1.54) is 37.5 Å².